The Balaban J connectivity index is 0.000000350. The van der Waals surface area contributed by atoms with Gasteiger partial charge in [-0.15, -0.1) is 0 Å². The van der Waals surface area contributed by atoms with Crippen LogP contribution in [0.2, 0.25) is 0 Å². The van der Waals surface area contributed by atoms with E-state index in [-0.39, 0.29) is 24.0 Å². The lowest BCUT2D eigenvalue weighted by Crippen LogP contribution is -2.46. The van der Waals surface area contributed by atoms with Crippen molar-refractivity contribution in [3.05, 3.63) is 60.7 Å². The quantitative estimate of drug-likeness (QED) is 0.485. The van der Waals surface area contributed by atoms with Gasteiger partial charge in [0.2, 0.25) is 0 Å². The van der Waals surface area contributed by atoms with Gasteiger partial charge in [0.05, 0.1) is 12.6 Å². The summed E-state index contributed by atoms with van der Waals surface area (Å²) in [4.78, 5) is 11.6. The van der Waals surface area contributed by atoms with E-state index in [1.54, 1.807) is 0 Å². The number of carbonyl (C=O) groups excluding carboxylic acids is 1. The SMILES string of the molecule is CC(C)(C)OC(=O)N[C@H](CN)COc1ccccc1.CC(C)(C)[C@H](N)CCOc1ccccc1. The molecule has 2 atom stereocenters. The number of alkyl carbamates (subject to hydrolysis) is 1. The first-order valence-electron chi connectivity index (χ1n) is 11.7. The smallest absolute Gasteiger partial charge is 0.408 e. The van der Waals surface area contributed by atoms with E-state index in [1.165, 1.54) is 0 Å². The fourth-order valence-corrected chi connectivity index (χ4v) is 2.61. The van der Waals surface area contributed by atoms with Crippen LogP contribution in [-0.4, -0.2) is 43.5 Å². The van der Waals surface area contributed by atoms with E-state index in [2.05, 4.69) is 26.1 Å². The van der Waals surface area contributed by atoms with Crippen LogP contribution in [0.25, 0.3) is 0 Å². The molecule has 2 aromatic carbocycles. The van der Waals surface area contributed by atoms with Gasteiger partial charge in [0.25, 0.3) is 0 Å². The largest absolute Gasteiger partial charge is 0.494 e. The monoisotopic (exact) mass is 473 g/mol. The Morgan fingerprint density at radius 1 is 0.882 bits per heavy atom. The highest BCUT2D eigenvalue weighted by Gasteiger charge is 2.20. The van der Waals surface area contributed by atoms with Crippen molar-refractivity contribution in [2.24, 2.45) is 16.9 Å². The number of benzene rings is 2. The van der Waals surface area contributed by atoms with Gasteiger partial charge < -0.3 is 31.0 Å². The summed E-state index contributed by atoms with van der Waals surface area (Å²) in [5.74, 6) is 1.66. The Labute approximate surface area is 205 Å². The topological polar surface area (TPSA) is 109 Å². The van der Waals surface area contributed by atoms with E-state index < -0.39 is 11.7 Å². The molecule has 0 aliphatic heterocycles. The number of hydrogen-bond acceptors (Lipinski definition) is 6. The third kappa shape index (κ3) is 13.7. The summed E-state index contributed by atoms with van der Waals surface area (Å²) in [7, 11) is 0. The van der Waals surface area contributed by atoms with Crippen LogP contribution < -0.4 is 26.3 Å². The first kappa shape index (κ1) is 29.3. The summed E-state index contributed by atoms with van der Waals surface area (Å²) >= 11 is 0. The minimum absolute atomic E-state index is 0.153. The van der Waals surface area contributed by atoms with Gasteiger partial charge >= 0.3 is 6.09 Å². The van der Waals surface area contributed by atoms with Crippen molar-refractivity contribution < 1.29 is 19.0 Å². The molecular weight excluding hydrogens is 430 g/mol. The van der Waals surface area contributed by atoms with Crippen LogP contribution in [0.5, 0.6) is 11.5 Å². The molecule has 34 heavy (non-hydrogen) atoms. The lowest BCUT2D eigenvalue weighted by molar-refractivity contribution is 0.0490. The van der Waals surface area contributed by atoms with Gasteiger partial charge in [0, 0.05) is 12.6 Å². The number of nitrogens with one attached hydrogen (secondary N) is 1. The van der Waals surface area contributed by atoms with E-state index in [0.717, 1.165) is 17.9 Å². The highest BCUT2D eigenvalue weighted by molar-refractivity contribution is 5.68. The summed E-state index contributed by atoms with van der Waals surface area (Å²) in [6.07, 6.45) is 0.401. The maximum Gasteiger partial charge on any atom is 0.408 e. The molecule has 0 aliphatic rings. The van der Waals surface area contributed by atoms with Crippen LogP contribution in [0.4, 0.5) is 4.79 Å². The van der Waals surface area contributed by atoms with Gasteiger partial charge in [-0.05, 0) is 56.9 Å². The van der Waals surface area contributed by atoms with Crippen molar-refractivity contribution >= 4 is 6.09 Å². The zero-order valence-corrected chi connectivity index (χ0v) is 21.5. The fraction of sp³-hybridized carbons (Fsp3) is 0.519. The minimum Gasteiger partial charge on any atom is -0.494 e. The molecule has 2 rings (SSSR count). The van der Waals surface area contributed by atoms with Crippen LogP contribution in [0, 0.1) is 5.41 Å². The average molecular weight is 474 g/mol. The molecule has 5 N–H and O–H groups in total. The molecule has 0 unspecified atom stereocenters. The Hall–Kier alpha value is -2.77. The lowest BCUT2D eigenvalue weighted by Gasteiger charge is -2.26. The fourth-order valence-electron chi connectivity index (χ4n) is 2.61. The highest BCUT2D eigenvalue weighted by Crippen LogP contribution is 2.20. The molecule has 0 spiro atoms. The molecule has 0 fully saturated rings. The average Bonchev–Trinajstić information content (AvgIpc) is 2.76. The second kappa shape index (κ2) is 14.5. The van der Waals surface area contributed by atoms with Crippen LogP contribution >= 0.6 is 0 Å². The van der Waals surface area contributed by atoms with Gasteiger partial charge in [-0.2, -0.15) is 0 Å². The van der Waals surface area contributed by atoms with Gasteiger partial charge in [0.1, 0.15) is 23.7 Å². The van der Waals surface area contributed by atoms with E-state index in [4.69, 9.17) is 25.7 Å². The molecule has 190 valence electrons. The maximum absolute atomic E-state index is 11.6. The van der Waals surface area contributed by atoms with E-state index in [9.17, 15) is 4.79 Å². The highest BCUT2D eigenvalue weighted by atomic mass is 16.6. The van der Waals surface area contributed by atoms with Crippen molar-refractivity contribution in [1.82, 2.24) is 5.32 Å². The van der Waals surface area contributed by atoms with Crippen LogP contribution in [0.15, 0.2) is 60.7 Å². The van der Waals surface area contributed by atoms with Crippen molar-refractivity contribution in [3.8, 4) is 11.5 Å². The number of carbonyl (C=O) groups is 1. The predicted molar refractivity (Wildman–Crippen MR) is 138 cm³/mol. The van der Waals surface area contributed by atoms with Crippen molar-refractivity contribution in [1.29, 1.82) is 0 Å². The summed E-state index contributed by atoms with van der Waals surface area (Å²) in [6.45, 7) is 13.2. The van der Waals surface area contributed by atoms with Crippen molar-refractivity contribution in [2.75, 3.05) is 19.8 Å². The van der Waals surface area contributed by atoms with Crippen LogP contribution in [-0.2, 0) is 4.74 Å². The van der Waals surface area contributed by atoms with Crippen molar-refractivity contribution in [3.63, 3.8) is 0 Å². The van der Waals surface area contributed by atoms with E-state index in [0.29, 0.717) is 13.2 Å². The molecule has 0 saturated heterocycles. The molecule has 2 aromatic rings. The molecular formula is C27H43N3O4. The molecule has 0 saturated carbocycles. The third-order valence-electron chi connectivity index (χ3n) is 4.75. The van der Waals surface area contributed by atoms with Crippen LogP contribution in [0.3, 0.4) is 0 Å². The lowest BCUT2D eigenvalue weighted by atomic mass is 9.86. The third-order valence-corrected chi connectivity index (χ3v) is 4.75. The first-order chi connectivity index (χ1) is 15.9. The zero-order valence-electron chi connectivity index (χ0n) is 21.5. The summed E-state index contributed by atoms with van der Waals surface area (Å²) in [6, 6.07) is 19.1. The predicted octanol–water partition coefficient (Wildman–Crippen LogP) is 4.75. The number of para-hydroxylation sites is 2. The molecule has 7 heteroatoms. The Kier molecular flexibility index (Phi) is 12.5. The van der Waals surface area contributed by atoms with E-state index in [1.807, 2.05) is 81.4 Å². The van der Waals surface area contributed by atoms with Crippen molar-refractivity contribution in [2.45, 2.75) is 65.6 Å². The molecule has 0 radical (unpaired) electrons. The Morgan fingerprint density at radius 3 is 1.82 bits per heavy atom. The van der Waals surface area contributed by atoms with Gasteiger partial charge in [0.15, 0.2) is 0 Å². The number of nitrogens with two attached hydrogens (primary N) is 2. The molecule has 0 bridgehead atoms. The maximum atomic E-state index is 11.6. The summed E-state index contributed by atoms with van der Waals surface area (Å²) in [5.41, 5.74) is 11.3. The summed E-state index contributed by atoms with van der Waals surface area (Å²) in [5, 5.41) is 2.68. The molecule has 1 amide bonds. The molecule has 0 heterocycles. The van der Waals surface area contributed by atoms with Gasteiger partial charge in [-0.1, -0.05) is 57.2 Å². The number of amides is 1. The zero-order chi connectivity index (χ0) is 25.6. The second-order valence-corrected chi connectivity index (χ2v) is 10.1. The number of ether oxygens (including phenoxy) is 3. The number of hydrogen-bond donors (Lipinski definition) is 3. The van der Waals surface area contributed by atoms with Gasteiger partial charge in [-0.3, -0.25) is 0 Å². The normalized spacial score (nSPS) is 13.1. The molecule has 0 aliphatic carbocycles. The number of rotatable bonds is 9. The first-order valence-corrected chi connectivity index (χ1v) is 11.7. The van der Waals surface area contributed by atoms with Gasteiger partial charge in [-0.25, -0.2) is 4.79 Å². The summed E-state index contributed by atoms with van der Waals surface area (Å²) < 4.78 is 16.3. The second-order valence-electron chi connectivity index (χ2n) is 10.1. The standard InChI is InChI=1S/C14H22N2O3.C13H21NO/c1-14(2,3)19-13(17)16-11(9-15)10-18-12-7-5-4-6-8-12;1-13(2,3)12(14)9-10-15-11-7-5-4-6-8-11/h4-8,11H,9-10,15H2,1-3H3,(H,16,17);4-8,12H,9-10,14H2,1-3H3/t11-;12-/m11/s1. The Bertz CT molecular complexity index is 802. The Morgan fingerprint density at radius 2 is 1.38 bits per heavy atom. The minimum atomic E-state index is -0.524. The molecule has 7 nitrogen and oxygen atoms in total. The van der Waals surface area contributed by atoms with E-state index >= 15 is 0 Å². The van der Waals surface area contributed by atoms with Crippen LogP contribution in [0.1, 0.15) is 48.0 Å². The molecule has 0 aromatic heterocycles.